The zero-order valence-electron chi connectivity index (χ0n) is 16.4. The number of aromatic nitrogens is 2. The average Bonchev–Trinajstić information content (AvgIpc) is 3.31. The second-order valence-corrected chi connectivity index (χ2v) is 7.41. The number of hydrogen-bond acceptors (Lipinski definition) is 4. The maximum absolute atomic E-state index is 12.2. The van der Waals surface area contributed by atoms with Crippen LogP contribution >= 0.6 is 0 Å². The van der Waals surface area contributed by atoms with Gasteiger partial charge in [-0.3, -0.25) is 9.89 Å². The smallest absolute Gasteiger partial charge is 0.407 e. The molecule has 1 aliphatic rings. The van der Waals surface area contributed by atoms with Crippen molar-refractivity contribution in [1.29, 1.82) is 0 Å². The first-order valence-electron chi connectivity index (χ1n) is 9.89. The zero-order valence-corrected chi connectivity index (χ0v) is 16.4. The average molecular weight is 384 g/mol. The number of alkyl carbamates (subject to hydrolysis) is 1. The predicted octanol–water partition coefficient (Wildman–Crippen LogP) is 3.75. The van der Waals surface area contributed by atoms with Gasteiger partial charge in [0.25, 0.3) is 0 Å². The van der Waals surface area contributed by atoms with Gasteiger partial charge in [0.2, 0.25) is 5.91 Å². The van der Waals surface area contributed by atoms with Crippen LogP contribution < -0.4 is 10.6 Å². The molecule has 2 aromatic rings. The maximum Gasteiger partial charge on any atom is 0.407 e. The first-order chi connectivity index (χ1) is 13.5. The third-order valence-electron chi connectivity index (χ3n) is 5.15. The van der Waals surface area contributed by atoms with Gasteiger partial charge in [-0.05, 0) is 38.2 Å². The number of nitrogens with one attached hydrogen (secondary N) is 3. The van der Waals surface area contributed by atoms with Crippen LogP contribution in [0.3, 0.4) is 0 Å². The number of rotatable bonds is 7. The second-order valence-electron chi connectivity index (χ2n) is 7.41. The summed E-state index contributed by atoms with van der Waals surface area (Å²) in [5.41, 5.74) is 1.92. The highest BCUT2D eigenvalue weighted by Gasteiger charge is 2.30. The van der Waals surface area contributed by atoms with Crippen LogP contribution in [-0.4, -0.2) is 34.3 Å². The molecule has 1 aromatic carbocycles. The summed E-state index contributed by atoms with van der Waals surface area (Å²) in [6.45, 7) is 3.97. The minimum atomic E-state index is -0.349. The van der Waals surface area contributed by atoms with Crippen molar-refractivity contribution in [1.82, 2.24) is 15.5 Å². The minimum Gasteiger partial charge on any atom is -0.446 e. The van der Waals surface area contributed by atoms with E-state index in [4.69, 9.17) is 4.74 Å². The van der Waals surface area contributed by atoms with Crippen LogP contribution in [0.15, 0.2) is 36.4 Å². The van der Waals surface area contributed by atoms with Crippen molar-refractivity contribution < 1.29 is 14.3 Å². The fourth-order valence-electron chi connectivity index (χ4n) is 3.40. The summed E-state index contributed by atoms with van der Waals surface area (Å²) < 4.78 is 5.52. The van der Waals surface area contributed by atoms with Gasteiger partial charge in [0.15, 0.2) is 5.82 Å². The molecule has 0 saturated heterocycles. The summed E-state index contributed by atoms with van der Waals surface area (Å²) in [5, 5.41) is 12.9. The van der Waals surface area contributed by atoms with Gasteiger partial charge >= 0.3 is 6.09 Å². The molecule has 0 unspecified atom stereocenters. The number of carbonyl (C=O) groups excluding carboxylic acids is 2. The molecule has 0 spiro atoms. The fraction of sp³-hybridized carbons (Fsp3) is 0.476. The third kappa shape index (κ3) is 5.58. The van der Waals surface area contributed by atoms with Gasteiger partial charge in [-0.25, -0.2) is 4.79 Å². The Balaban J connectivity index is 1.47. The Labute approximate surface area is 165 Å². The fourth-order valence-corrected chi connectivity index (χ4v) is 3.40. The highest BCUT2D eigenvalue weighted by Crippen LogP contribution is 2.35. The first-order valence-corrected chi connectivity index (χ1v) is 9.89. The number of nitrogens with zero attached hydrogens (tertiary/aromatic N) is 1. The number of benzene rings is 1. The van der Waals surface area contributed by atoms with Gasteiger partial charge in [-0.2, -0.15) is 5.10 Å². The van der Waals surface area contributed by atoms with Crippen molar-refractivity contribution >= 4 is 17.8 Å². The van der Waals surface area contributed by atoms with E-state index >= 15 is 0 Å². The standard InChI is InChI=1S/C21H28N4O3/c1-3-14(2)22-21(27)28-17-10-9-16(12-17)18-13-19(25-24-18)23-20(26)11-15-7-5-4-6-8-15/h4-8,13-14,16-17H,3,9-12H2,1-2H3,(H,22,27)(H2,23,24,25,26)/t14-,16-,17+/m0/s1. The number of hydrogen-bond donors (Lipinski definition) is 3. The van der Waals surface area contributed by atoms with E-state index in [1.807, 2.05) is 50.2 Å². The number of anilines is 1. The van der Waals surface area contributed by atoms with Crippen LogP contribution in [0, 0.1) is 0 Å². The topological polar surface area (TPSA) is 96.1 Å². The van der Waals surface area contributed by atoms with E-state index in [2.05, 4.69) is 20.8 Å². The quantitative estimate of drug-likeness (QED) is 0.677. The van der Waals surface area contributed by atoms with Gasteiger partial charge in [0.1, 0.15) is 6.10 Å². The molecule has 1 aromatic heterocycles. The molecule has 1 saturated carbocycles. The third-order valence-corrected chi connectivity index (χ3v) is 5.15. The molecule has 1 fully saturated rings. The number of amides is 2. The molecule has 0 aliphatic heterocycles. The zero-order chi connectivity index (χ0) is 19.9. The van der Waals surface area contributed by atoms with Crippen molar-refractivity contribution in [2.75, 3.05) is 5.32 Å². The van der Waals surface area contributed by atoms with Crippen molar-refractivity contribution in [2.24, 2.45) is 0 Å². The molecule has 3 N–H and O–H groups in total. The molecule has 0 radical (unpaired) electrons. The Morgan fingerprint density at radius 3 is 2.82 bits per heavy atom. The minimum absolute atomic E-state index is 0.0894. The van der Waals surface area contributed by atoms with Crippen LogP contribution in [-0.2, 0) is 16.0 Å². The summed E-state index contributed by atoms with van der Waals surface area (Å²) in [5.74, 6) is 0.669. The van der Waals surface area contributed by atoms with E-state index in [0.29, 0.717) is 12.2 Å². The van der Waals surface area contributed by atoms with Crippen LogP contribution in [0.1, 0.15) is 56.7 Å². The Morgan fingerprint density at radius 2 is 2.07 bits per heavy atom. The van der Waals surface area contributed by atoms with Crippen LogP contribution in [0.5, 0.6) is 0 Å². The Hall–Kier alpha value is -2.83. The largest absolute Gasteiger partial charge is 0.446 e. The van der Waals surface area contributed by atoms with Crippen molar-refractivity contribution in [2.45, 2.75) is 64.0 Å². The number of carbonyl (C=O) groups is 2. The molecule has 150 valence electrons. The highest BCUT2D eigenvalue weighted by atomic mass is 16.6. The molecule has 3 atom stereocenters. The Kier molecular flexibility index (Phi) is 6.68. The lowest BCUT2D eigenvalue weighted by atomic mass is 10.0. The monoisotopic (exact) mass is 384 g/mol. The maximum atomic E-state index is 12.2. The molecular formula is C21H28N4O3. The number of H-pyrrole nitrogens is 1. The summed E-state index contributed by atoms with van der Waals surface area (Å²) in [4.78, 5) is 24.1. The van der Waals surface area contributed by atoms with Crippen LogP contribution in [0.25, 0.3) is 0 Å². The molecule has 7 nitrogen and oxygen atoms in total. The highest BCUT2D eigenvalue weighted by molar-refractivity contribution is 5.91. The lowest BCUT2D eigenvalue weighted by Crippen LogP contribution is -2.34. The summed E-state index contributed by atoms with van der Waals surface area (Å²) in [7, 11) is 0. The van der Waals surface area contributed by atoms with E-state index in [1.165, 1.54) is 0 Å². The summed E-state index contributed by atoms with van der Waals surface area (Å²) in [6.07, 6.45) is 3.25. The van der Waals surface area contributed by atoms with Gasteiger partial charge in [-0.1, -0.05) is 37.3 Å². The molecular weight excluding hydrogens is 356 g/mol. The SMILES string of the molecule is CC[C@H](C)NC(=O)O[C@@H]1CC[C@H](c2cc(NC(=O)Cc3ccccc3)n[nH]2)C1. The van der Waals surface area contributed by atoms with E-state index in [1.54, 1.807) is 0 Å². The van der Waals surface area contributed by atoms with Crippen molar-refractivity contribution in [3.8, 4) is 0 Å². The summed E-state index contributed by atoms with van der Waals surface area (Å²) >= 11 is 0. The molecule has 1 heterocycles. The Bertz CT molecular complexity index is 790. The van der Waals surface area contributed by atoms with Gasteiger partial charge in [-0.15, -0.1) is 0 Å². The van der Waals surface area contributed by atoms with E-state index in [0.717, 1.165) is 36.9 Å². The first kappa shape index (κ1) is 19.9. The van der Waals surface area contributed by atoms with Gasteiger partial charge in [0.05, 0.1) is 6.42 Å². The Morgan fingerprint density at radius 1 is 1.29 bits per heavy atom. The number of ether oxygens (including phenoxy) is 1. The van der Waals surface area contributed by atoms with Crippen molar-refractivity contribution in [3.05, 3.63) is 47.7 Å². The molecule has 0 bridgehead atoms. The van der Waals surface area contributed by atoms with Crippen molar-refractivity contribution in [3.63, 3.8) is 0 Å². The molecule has 7 heteroatoms. The number of aromatic amines is 1. The van der Waals surface area contributed by atoms with Gasteiger partial charge < -0.3 is 15.4 Å². The molecule has 2 amide bonds. The lowest BCUT2D eigenvalue weighted by Gasteiger charge is -2.16. The summed E-state index contributed by atoms with van der Waals surface area (Å²) in [6, 6.07) is 11.6. The van der Waals surface area contributed by atoms with E-state index < -0.39 is 0 Å². The molecule has 3 rings (SSSR count). The molecule has 28 heavy (non-hydrogen) atoms. The second kappa shape index (κ2) is 9.39. The molecule has 1 aliphatic carbocycles. The normalized spacial score (nSPS) is 19.8. The van der Waals surface area contributed by atoms with Crippen LogP contribution in [0.2, 0.25) is 0 Å². The van der Waals surface area contributed by atoms with Gasteiger partial charge in [0, 0.05) is 23.7 Å². The predicted molar refractivity (Wildman–Crippen MR) is 107 cm³/mol. The van der Waals surface area contributed by atoms with Crippen LogP contribution in [0.4, 0.5) is 10.6 Å². The van der Waals surface area contributed by atoms with E-state index in [-0.39, 0.29) is 30.1 Å². The lowest BCUT2D eigenvalue weighted by molar-refractivity contribution is -0.115. The van der Waals surface area contributed by atoms with E-state index in [9.17, 15) is 9.59 Å².